The Kier molecular flexibility index (Phi) is 3.62. The molecule has 20 heavy (non-hydrogen) atoms. The van der Waals surface area contributed by atoms with Crippen LogP contribution >= 0.6 is 0 Å². The van der Waals surface area contributed by atoms with Crippen LogP contribution in [0.25, 0.3) is 0 Å². The lowest BCUT2D eigenvalue weighted by atomic mass is 10.0. The Morgan fingerprint density at radius 3 is 2.75 bits per heavy atom. The average molecular weight is 273 g/mol. The molecule has 106 valence electrons. The lowest BCUT2D eigenvalue weighted by Gasteiger charge is -2.12. The van der Waals surface area contributed by atoms with E-state index < -0.39 is 0 Å². The molecule has 2 aromatic heterocycles. The maximum absolute atomic E-state index is 5.45. The molecule has 0 aliphatic heterocycles. The third-order valence-electron chi connectivity index (χ3n) is 3.72. The molecule has 1 saturated carbocycles. The highest BCUT2D eigenvalue weighted by molar-refractivity contribution is 5.34. The van der Waals surface area contributed by atoms with Crippen LogP contribution in [-0.4, -0.2) is 26.4 Å². The van der Waals surface area contributed by atoms with Crippen LogP contribution in [0.15, 0.2) is 16.5 Å². The minimum absolute atomic E-state index is 0.459. The van der Waals surface area contributed by atoms with Crippen LogP contribution in [0.4, 0.5) is 5.82 Å². The molecule has 6 heteroatoms. The van der Waals surface area contributed by atoms with E-state index in [0.717, 1.165) is 36.7 Å². The number of nitrogens with one attached hydrogen (secondary N) is 1. The normalized spacial score (nSPS) is 22.1. The zero-order valence-corrected chi connectivity index (χ0v) is 11.8. The summed E-state index contributed by atoms with van der Waals surface area (Å²) in [6.45, 7) is 3.76. The van der Waals surface area contributed by atoms with Crippen molar-refractivity contribution in [1.82, 2.24) is 20.4 Å². The standard InChI is InChI=1S/C14H19N5O/c1-9-3-6-13(18-16-9)15-12-5-4-11(7-12)8-14-19-17-10(2)20-14/h3,6,11-12H,4-5,7-8H2,1-2H3,(H,15,18)/t11-,12+/m1/s1. The van der Waals surface area contributed by atoms with E-state index >= 15 is 0 Å². The summed E-state index contributed by atoms with van der Waals surface area (Å²) in [6.07, 6.45) is 4.31. The monoisotopic (exact) mass is 273 g/mol. The molecule has 1 aliphatic carbocycles. The highest BCUT2D eigenvalue weighted by Gasteiger charge is 2.26. The Balaban J connectivity index is 1.53. The predicted octanol–water partition coefficient (Wildman–Crippen LogP) is 2.30. The zero-order chi connectivity index (χ0) is 13.9. The van der Waals surface area contributed by atoms with Gasteiger partial charge < -0.3 is 9.73 Å². The van der Waals surface area contributed by atoms with Crippen molar-refractivity contribution >= 4 is 5.82 Å². The second kappa shape index (κ2) is 5.56. The van der Waals surface area contributed by atoms with Gasteiger partial charge in [0.25, 0.3) is 0 Å². The summed E-state index contributed by atoms with van der Waals surface area (Å²) in [5.41, 5.74) is 0.937. The molecule has 0 radical (unpaired) electrons. The van der Waals surface area contributed by atoms with Crippen molar-refractivity contribution < 1.29 is 4.42 Å². The predicted molar refractivity (Wildman–Crippen MR) is 74.3 cm³/mol. The highest BCUT2D eigenvalue weighted by Crippen LogP contribution is 2.30. The first kappa shape index (κ1) is 13.0. The van der Waals surface area contributed by atoms with Gasteiger partial charge in [0.1, 0.15) is 5.82 Å². The molecule has 0 aromatic carbocycles. The first-order valence-corrected chi connectivity index (χ1v) is 7.05. The van der Waals surface area contributed by atoms with E-state index in [1.807, 2.05) is 26.0 Å². The van der Waals surface area contributed by atoms with Crippen LogP contribution < -0.4 is 5.32 Å². The number of nitrogens with zero attached hydrogens (tertiary/aromatic N) is 4. The lowest BCUT2D eigenvalue weighted by Crippen LogP contribution is -2.17. The van der Waals surface area contributed by atoms with E-state index in [4.69, 9.17) is 4.42 Å². The van der Waals surface area contributed by atoms with E-state index in [9.17, 15) is 0 Å². The van der Waals surface area contributed by atoms with Crippen molar-refractivity contribution in [2.45, 2.75) is 45.6 Å². The fraction of sp³-hybridized carbons (Fsp3) is 0.571. The molecule has 0 unspecified atom stereocenters. The van der Waals surface area contributed by atoms with Gasteiger partial charge in [-0.15, -0.1) is 15.3 Å². The van der Waals surface area contributed by atoms with Gasteiger partial charge in [-0.2, -0.15) is 5.10 Å². The van der Waals surface area contributed by atoms with Gasteiger partial charge in [-0.3, -0.25) is 0 Å². The van der Waals surface area contributed by atoms with Crippen molar-refractivity contribution in [2.24, 2.45) is 5.92 Å². The maximum Gasteiger partial charge on any atom is 0.216 e. The first-order valence-electron chi connectivity index (χ1n) is 7.05. The Hall–Kier alpha value is -1.98. The van der Waals surface area contributed by atoms with E-state index in [-0.39, 0.29) is 0 Å². The van der Waals surface area contributed by atoms with Crippen LogP contribution in [0.1, 0.15) is 36.7 Å². The van der Waals surface area contributed by atoms with Gasteiger partial charge in [0.15, 0.2) is 0 Å². The van der Waals surface area contributed by atoms with Crippen molar-refractivity contribution in [3.05, 3.63) is 29.6 Å². The van der Waals surface area contributed by atoms with Crippen molar-refractivity contribution in [3.8, 4) is 0 Å². The van der Waals surface area contributed by atoms with Gasteiger partial charge in [0, 0.05) is 19.4 Å². The van der Waals surface area contributed by atoms with E-state index in [1.54, 1.807) is 0 Å². The van der Waals surface area contributed by atoms with Crippen LogP contribution in [0.2, 0.25) is 0 Å². The lowest BCUT2D eigenvalue weighted by molar-refractivity contribution is 0.416. The molecule has 1 aliphatic rings. The fourth-order valence-electron chi connectivity index (χ4n) is 2.74. The van der Waals surface area contributed by atoms with Gasteiger partial charge >= 0.3 is 0 Å². The van der Waals surface area contributed by atoms with Gasteiger partial charge in [-0.05, 0) is 44.2 Å². The van der Waals surface area contributed by atoms with Crippen molar-refractivity contribution in [2.75, 3.05) is 5.32 Å². The van der Waals surface area contributed by atoms with Crippen LogP contribution in [0.3, 0.4) is 0 Å². The molecular weight excluding hydrogens is 254 g/mol. The molecule has 2 atom stereocenters. The molecule has 6 nitrogen and oxygen atoms in total. The third kappa shape index (κ3) is 3.12. The molecule has 0 spiro atoms. The SMILES string of the molecule is Cc1ccc(N[C@H]2CC[C@@H](Cc3nnc(C)o3)C2)nn1. The summed E-state index contributed by atoms with van der Waals surface area (Å²) in [7, 11) is 0. The molecule has 0 saturated heterocycles. The summed E-state index contributed by atoms with van der Waals surface area (Å²) in [6, 6.07) is 4.42. The Labute approximate surface area is 118 Å². The van der Waals surface area contributed by atoms with Gasteiger partial charge in [0.05, 0.1) is 5.69 Å². The number of aromatic nitrogens is 4. The molecule has 1 N–H and O–H groups in total. The Morgan fingerprint density at radius 1 is 1.15 bits per heavy atom. The van der Waals surface area contributed by atoms with Gasteiger partial charge in [0.2, 0.25) is 11.8 Å². The molecule has 0 bridgehead atoms. The maximum atomic E-state index is 5.45. The highest BCUT2D eigenvalue weighted by atomic mass is 16.4. The number of hydrogen-bond donors (Lipinski definition) is 1. The quantitative estimate of drug-likeness (QED) is 0.921. The Bertz CT molecular complexity index is 565. The van der Waals surface area contributed by atoms with Gasteiger partial charge in [-0.25, -0.2) is 0 Å². The smallest absolute Gasteiger partial charge is 0.216 e. The summed E-state index contributed by atoms with van der Waals surface area (Å²) in [5, 5.41) is 19.6. The summed E-state index contributed by atoms with van der Waals surface area (Å²) >= 11 is 0. The molecule has 0 amide bonds. The molecule has 2 aromatic rings. The van der Waals surface area contributed by atoms with Crippen LogP contribution in [-0.2, 0) is 6.42 Å². The number of rotatable bonds is 4. The second-order valence-corrected chi connectivity index (χ2v) is 5.50. The average Bonchev–Trinajstić information content (AvgIpc) is 3.02. The molecule has 2 heterocycles. The first-order chi connectivity index (χ1) is 9.69. The number of aryl methyl sites for hydroxylation is 2. The Morgan fingerprint density at radius 2 is 2.05 bits per heavy atom. The summed E-state index contributed by atoms with van der Waals surface area (Å²) < 4.78 is 5.45. The van der Waals surface area contributed by atoms with E-state index in [0.29, 0.717) is 17.9 Å². The zero-order valence-electron chi connectivity index (χ0n) is 11.8. The van der Waals surface area contributed by atoms with E-state index in [2.05, 4.69) is 25.7 Å². The molecule has 3 rings (SSSR count). The van der Waals surface area contributed by atoms with Crippen molar-refractivity contribution in [1.29, 1.82) is 0 Å². The van der Waals surface area contributed by atoms with Crippen LogP contribution in [0, 0.1) is 19.8 Å². The minimum atomic E-state index is 0.459. The van der Waals surface area contributed by atoms with E-state index in [1.165, 1.54) is 6.42 Å². The largest absolute Gasteiger partial charge is 0.426 e. The topological polar surface area (TPSA) is 76.7 Å². The summed E-state index contributed by atoms with van der Waals surface area (Å²) in [5.74, 6) is 2.85. The second-order valence-electron chi connectivity index (χ2n) is 5.50. The summed E-state index contributed by atoms with van der Waals surface area (Å²) in [4.78, 5) is 0. The molecular formula is C14H19N5O. The van der Waals surface area contributed by atoms with Gasteiger partial charge in [-0.1, -0.05) is 0 Å². The number of anilines is 1. The number of hydrogen-bond acceptors (Lipinski definition) is 6. The van der Waals surface area contributed by atoms with Crippen LogP contribution in [0.5, 0.6) is 0 Å². The minimum Gasteiger partial charge on any atom is -0.426 e. The fourth-order valence-corrected chi connectivity index (χ4v) is 2.74. The van der Waals surface area contributed by atoms with Crippen molar-refractivity contribution in [3.63, 3.8) is 0 Å². The third-order valence-corrected chi connectivity index (χ3v) is 3.72. The molecule has 1 fully saturated rings.